The van der Waals surface area contributed by atoms with Gasteiger partial charge in [-0.2, -0.15) is 0 Å². The normalized spacial score (nSPS) is 36.9. The van der Waals surface area contributed by atoms with E-state index >= 15 is 0 Å². The van der Waals surface area contributed by atoms with Gasteiger partial charge in [-0.3, -0.25) is 4.79 Å². The number of Topliss-reactive ketones (excluding diaryl/α,β-unsaturated/α-hetero) is 1. The second-order valence-electron chi connectivity index (χ2n) is 13.0. The van der Waals surface area contributed by atoms with Crippen LogP contribution in [0.2, 0.25) is 0 Å². The smallest absolute Gasteiger partial charge is 0.341 e. The first-order valence-electron chi connectivity index (χ1n) is 15.0. The Kier molecular flexibility index (Phi) is 11.8. The van der Waals surface area contributed by atoms with Crippen molar-refractivity contribution >= 4 is 17.7 Å². The van der Waals surface area contributed by atoms with Gasteiger partial charge in [0.1, 0.15) is 12.4 Å². The second kappa shape index (κ2) is 14.4. The third kappa shape index (κ3) is 7.82. The Labute approximate surface area is 234 Å². The van der Waals surface area contributed by atoms with Crippen LogP contribution in [0, 0.1) is 46.3 Å². The van der Waals surface area contributed by atoms with Crippen molar-refractivity contribution in [3.8, 4) is 0 Å². The highest BCUT2D eigenvalue weighted by Crippen LogP contribution is 2.67. The molecule has 39 heavy (non-hydrogen) atoms. The molecule has 4 rings (SSSR count). The number of rotatable bonds is 11. The van der Waals surface area contributed by atoms with Crippen LogP contribution in [0.25, 0.3) is 0 Å². The lowest BCUT2D eigenvalue weighted by Gasteiger charge is -2.61. The average Bonchev–Trinajstić information content (AvgIpc) is 3.25. The number of carbonyl (C=O) groups excluding carboxylic acids is 2. The molecule has 0 spiro atoms. The van der Waals surface area contributed by atoms with E-state index in [9.17, 15) is 14.4 Å². The summed E-state index contributed by atoms with van der Waals surface area (Å²) in [6, 6.07) is 0. The molecule has 224 valence electrons. The fourth-order valence-electron chi connectivity index (χ4n) is 8.84. The molecule has 0 aliphatic heterocycles. The summed E-state index contributed by atoms with van der Waals surface area (Å²) >= 11 is 0. The van der Waals surface area contributed by atoms with Crippen LogP contribution in [0.1, 0.15) is 85.5 Å². The summed E-state index contributed by atoms with van der Waals surface area (Å²) in [5.74, 6) is 3.59. The van der Waals surface area contributed by atoms with Gasteiger partial charge in [0, 0.05) is 13.0 Å². The standard InChI is InChI=1S/C22H36O.C9H16O7/c1-14-9-11-21(3)16(13-14)5-6-17-19-8-7-18(15(2)23)22(19,4)12-10-20(17)21;1-13-2-3-14-4-5-15-7-9(12)16-6-8(10)11/h14,16-20H,5-13H2,1-4H3;2-7H2,1H3,(H,10,11). The van der Waals surface area contributed by atoms with E-state index in [1.54, 1.807) is 7.11 Å². The lowest BCUT2D eigenvalue weighted by atomic mass is 9.44. The van der Waals surface area contributed by atoms with Crippen molar-refractivity contribution in [2.24, 2.45) is 46.3 Å². The molecule has 0 saturated heterocycles. The van der Waals surface area contributed by atoms with Gasteiger partial charge in [-0.05, 0) is 98.7 Å². The number of hydrogen-bond acceptors (Lipinski definition) is 7. The monoisotopic (exact) mass is 552 g/mol. The van der Waals surface area contributed by atoms with E-state index < -0.39 is 18.5 Å². The van der Waals surface area contributed by atoms with Crippen molar-refractivity contribution in [3.05, 3.63) is 0 Å². The van der Waals surface area contributed by atoms with Gasteiger partial charge < -0.3 is 24.1 Å². The highest BCUT2D eigenvalue weighted by molar-refractivity contribution is 5.79. The van der Waals surface area contributed by atoms with Crippen molar-refractivity contribution < 1.29 is 38.4 Å². The molecule has 8 heteroatoms. The van der Waals surface area contributed by atoms with Crippen molar-refractivity contribution in [2.45, 2.75) is 85.5 Å². The maximum atomic E-state index is 12.2. The summed E-state index contributed by atoms with van der Waals surface area (Å²) in [6.07, 6.45) is 12.6. The number of ether oxygens (including phenoxy) is 4. The van der Waals surface area contributed by atoms with Crippen molar-refractivity contribution in [3.63, 3.8) is 0 Å². The van der Waals surface area contributed by atoms with E-state index in [1.165, 1.54) is 57.8 Å². The maximum absolute atomic E-state index is 12.2. The first-order valence-corrected chi connectivity index (χ1v) is 15.0. The SMILES string of the molecule is CC(=O)C1CCC2C3CCC4CC(C)CCC4(C)C3CCC12C.COCCOCCOCC(=O)OCC(=O)O. The van der Waals surface area contributed by atoms with Crippen LogP contribution in [0.5, 0.6) is 0 Å². The van der Waals surface area contributed by atoms with Crippen molar-refractivity contribution in [1.29, 1.82) is 0 Å². The number of aliphatic carboxylic acids is 1. The molecule has 8 unspecified atom stereocenters. The molecule has 8 atom stereocenters. The highest BCUT2D eigenvalue weighted by atomic mass is 16.6. The van der Waals surface area contributed by atoms with E-state index in [2.05, 4.69) is 25.5 Å². The Bertz CT molecular complexity index is 829. The number of hydrogen-bond donors (Lipinski definition) is 1. The van der Waals surface area contributed by atoms with Crippen LogP contribution >= 0.6 is 0 Å². The molecule has 1 N–H and O–H groups in total. The third-order valence-electron chi connectivity index (χ3n) is 10.8. The molecular weight excluding hydrogens is 500 g/mol. The summed E-state index contributed by atoms with van der Waals surface area (Å²) in [4.78, 5) is 33.0. The van der Waals surface area contributed by atoms with Gasteiger partial charge in [-0.25, -0.2) is 9.59 Å². The van der Waals surface area contributed by atoms with Crippen LogP contribution in [0.4, 0.5) is 0 Å². The van der Waals surface area contributed by atoms with Gasteiger partial charge in [-0.1, -0.05) is 27.2 Å². The minimum atomic E-state index is -1.20. The number of carbonyl (C=O) groups is 3. The Morgan fingerprint density at radius 3 is 2.18 bits per heavy atom. The Morgan fingerprint density at radius 1 is 0.821 bits per heavy atom. The summed E-state index contributed by atoms with van der Waals surface area (Å²) in [5, 5.41) is 8.20. The molecule has 0 heterocycles. The Balaban J connectivity index is 0.000000233. The van der Waals surface area contributed by atoms with Crippen LogP contribution in [0.3, 0.4) is 0 Å². The molecule has 0 aromatic heterocycles. The number of ketones is 1. The zero-order valence-corrected chi connectivity index (χ0v) is 24.9. The van der Waals surface area contributed by atoms with E-state index in [-0.39, 0.29) is 13.2 Å². The van der Waals surface area contributed by atoms with Gasteiger partial charge >= 0.3 is 11.9 Å². The fraction of sp³-hybridized carbons (Fsp3) is 0.903. The molecular formula is C31H52O8. The van der Waals surface area contributed by atoms with E-state index in [4.69, 9.17) is 19.3 Å². The number of methoxy groups -OCH3 is 1. The minimum Gasteiger partial charge on any atom is -0.479 e. The molecule has 0 amide bonds. The number of fused-ring (bicyclic) bond motifs is 5. The molecule has 8 nitrogen and oxygen atoms in total. The molecule has 0 aromatic rings. The quantitative estimate of drug-likeness (QED) is 0.276. The molecule has 4 saturated carbocycles. The Morgan fingerprint density at radius 2 is 1.49 bits per heavy atom. The number of carboxylic acid groups (broad SMARTS) is 1. The zero-order chi connectivity index (χ0) is 28.6. The van der Waals surface area contributed by atoms with Gasteiger partial charge in [0.2, 0.25) is 0 Å². The lowest BCUT2D eigenvalue weighted by Crippen LogP contribution is -2.53. The summed E-state index contributed by atoms with van der Waals surface area (Å²) in [6.45, 7) is 10.1. The van der Waals surface area contributed by atoms with Gasteiger partial charge in [0.05, 0.1) is 26.4 Å². The largest absolute Gasteiger partial charge is 0.479 e. The number of esters is 1. The first-order chi connectivity index (χ1) is 18.5. The fourth-order valence-corrected chi connectivity index (χ4v) is 8.84. The molecule has 0 aromatic carbocycles. The summed E-state index contributed by atoms with van der Waals surface area (Å²) in [7, 11) is 1.57. The average molecular weight is 553 g/mol. The van der Waals surface area contributed by atoms with E-state index in [0.29, 0.717) is 42.4 Å². The van der Waals surface area contributed by atoms with Crippen LogP contribution in [-0.4, -0.2) is 69.6 Å². The highest BCUT2D eigenvalue weighted by Gasteiger charge is 2.60. The Hall–Kier alpha value is -1.51. The maximum Gasteiger partial charge on any atom is 0.341 e. The zero-order valence-electron chi connectivity index (χ0n) is 24.9. The topological polar surface area (TPSA) is 108 Å². The van der Waals surface area contributed by atoms with Crippen LogP contribution in [-0.2, 0) is 33.3 Å². The van der Waals surface area contributed by atoms with Crippen molar-refractivity contribution in [1.82, 2.24) is 0 Å². The van der Waals surface area contributed by atoms with Gasteiger partial charge in [0.15, 0.2) is 6.61 Å². The number of carboxylic acids is 1. The van der Waals surface area contributed by atoms with E-state index in [0.717, 1.165) is 29.6 Å². The first kappa shape index (κ1) is 32.0. The third-order valence-corrected chi connectivity index (χ3v) is 10.8. The lowest BCUT2D eigenvalue weighted by molar-refractivity contribution is -0.158. The van der Waals surface area contributed by atoms with Gasteiger partial charge in [0.25, 0.3) is 0 Å². The summed E-state index contributed by atoms with van der Waals surface area (Å²) in [5.41, 5.74) is 0.948. The molecule has 4 aliphatic carbocycles. The predicted molar refractivity (Wildman–Crippen MR) is 147 cm³/mol. The minimum absolute atomic E-state index is 0.242. The predicted octanol–water partition coefficient (Wildman–Crippen LogP) is 5.16. The second-order valence-corrected chi connectivity index (χ2v) is 13.0. The van der Waals surface area contributed by atoms with Gasteiger partial charge in [-0.15, -0.1) is 0 Å². The molecule has 4 fully saturated rings. The van der Waals surface area contributed by atoms with Crippen molar-refractivity contribution in [2.75, 3.05) is 46.8 Å². The summed E-state index contributed by atoms with van der Waals surface area (Å²) < 4.78 is 19.0. The molecule has 4 aliphatic rings. The molecule has 0 radical (unpaired) electrons. The van der Waals surface area contributed by atoms with Crippen LogP contribution < -0.4 is 0 Å². The molecule has 0 bridgehead atoms. The van der Waals surface area contributed by atoms with Crippen LogP contribution in [0.15, 0.2) is 0 Å². The van der Waals surface area contributed by atoms with E-state index in [1.807, 2.05) is 6.92 Å².